The molecule has 2 aromatic rings. The SMILES string of the molecule is COC1CCCN(c2ccc(NC(=O)c3ccc(S(=O)(=O)N4CCCCC4)cc3)cc2)C1. The molecule has 0 aromatic heterocycles. The Morgan fingerprint density at radius 1 is 0.938 bits per heavy atom. The van der Waals surface area contributed by atoms with E-state index in [0.717, 1.165) is 50.9 Å². The molecule has 8 heteroatoms. The Morgan fingerprint density at radius 3 is 2.28 bits per heavy atom. The van der Waals surface area contributed by atoms with Crippen molar-refractivity contribution in [2.24, 2.45) is 0 Å². The topological polar surface area (TPSA) is 79.0 Å². The van der Waals surface area contributed by atoms with Crippen LogP contribution in [0.4, 0.5) is 11.4 Å². The molecule has 2 aliphatic heterocycles. The zero-order valence-electron chi connectivity index (χ0n) is 18.5. The van der Waals surface area contributed by atoms with Gasteiger partial charge in [-0.2, -0.15) is 4.31 Å². The van der Waals surface area contributed by atoms with Crippen LogP contribution >= 0.6 is 0 Å². The number of rotatable bonds is 6. The van der Waals surface area contributed by atoms with E-state index in [2.05, 4.69) is 10.2 Å². The Morgan fingerprint density at radius 2 is 1.62 bits per heavy atom. The van der Waals surface area contributed by atoms with Crippen molar-refractivity contribution < 1.29 is 17.9 Å². The lowest BCUT2D eigenvalue weighted by molar-refractivity contribution is 0.0893. The van der Waals surface area contributed by atoms with Gasteiger partial charge >= 0.3 is 0 Å². The Balaban J connectivity index is 1.38. The summed E-state index contributed by atoms with van der Waals surface area (Å²) in [6, 6.07) is 14.0. The first-order valence-corrected chi connectivity index (χ1v) is 12.7. The van der Waals surface area contributed by atoms with Crippen LogP contribution in [0.5, 0.6) is 0 Å². The molecule has 0 bridgehead atoms. The van der Waals surface area contributed by atoms with Gasteiger partial charge in [-0.15, -0.1) is 0 Å². The van der Waals surface area contributed by atoms with Crippen LogP contribution in [0.3, 0.4) is 0 Å². The van der Waals surface area contributed by atoms with Gasteiger partial charge in [-0.3, -0.25) is 4.79 Å². The summed E-state index contributed by atoms with van der Waals surface area (Å²) < 4.78 is 32.6. The number of benzene rings is 2. The lowest BCUT2D eigenvalue weighted by atomic mass is 10.1. The third kappa shape index (κ3) is 5.14. The van der Waals surface area contributed by atoms with Gasteiger partial charge in [-0.05, 0) is 74.2 Å². The van der Waals surface area contributed by atoms with Crippen LogP contribution in [0.1, 0.15) is 42.5 Å². The van der Waals surface area contributed by atoms with Crippen molar-refractivity contribution in [3.63, 3.8) is 0 Å². The fourth-order valence-corrected chi connectivity index (χ4v) is 5.87. The smallest absolute Gasteiger partial charge is 0.255 e. The van der Waals surface area contributed by atoms with Gasteiger partial charge in [0.2, 0.25) is 10.0 Å². The predicted molar refractivity (Wildman–Crippen MR) is 126 cm³/mol. The molecule has 172 valence electrons. The van der Waals surface area contributed by atoms with Gasteiger partial charge in [0.1, 0.15) is 0 Å². The van der Waals surface area contributed by atoms with Gasteiger partial charge in [0.25, 0.3) is 5.91 Å². The first-order valence-electron chi connectivity index (χ1n) is 11.3. The molecule has 1 amide bonds. The van der Waals surface area contributed by atoms with Crippen LogP contribution < -0.4 is 10.2 Å². The molecule has 2 heterocycles. The minimum atomic E-state index is -3.50. The maximum Gasteiger partial charge on any atom is 0.255 e. The van der Waals surface area contributed by atoms with E-state index >= 15 is 0 Å². The monoisotopic (exact) mass is 457 g/mol. The molecule has 0 aliphatic carbocycles. The number of amides is 1. The molecule has 0 saturated carbocycles. The number of carbonyl (C=O) groups is 1. The average molecular weight is 458 g/mol. The zero-order valence-corrected chi connectivity index (χ0v) is 19.3. The second kappa shape index (κ2) is 10.0. The molecule has 1 unspecified atom stereocenters. The predicted octanol–water partition coefficient (Wildman–Crippen LogP) is 3.73. The van der Waals surface area contributed by atoms with Crippen molar-refractivity contribution in [1.82, 2.24) is 4.31 Å². The lowest BCUT2D eigenvalue weighted by Crippen LogP contribution is -2.39. The average Bonchev–Trinajstić information content (AvgIpc) is 2.85. The van der Waals surface area contributed by atoms with Gasteiger partial charge < -0.3 is 15.0 Å². The number of methoxy groups -OCH3 is 1. The second-order valence-corrected chi connectivity index (χ2v) is 10.4. The summed E-state index contributed by atoms with van der Waals surface area (Å²) in [6.45, 7) is 2.99. The Kier molecular flexibility index (Phi) is 7.13. The molecular formula is C24H31N3O4S. The van der Waals surface area contributed by atoms with E-state index in [1.807, 2.05) is 24.3 Å². The zero-order chi connectivity index (χ0) is 22.6. The van der Waals surface area contributed by atoms with E-state index in [1.54, 1.807) is 19.2 Å². The number of nitrogens with zero attached hydrogens (tertiary/aromatic N) is 2. The summed E-state index contributed by atoms with van der Waals surface area (Å²) in [6.07, 6.45) is 5.29. The quantitative estimate of drug-likeness (QED) is 0.715. The van der Waals surface area contributed by atoms with Crippen LogP contribution in [0.25, 0.3) is 0 Å². The van der Waals surface area contributed by atoms with E-state index in [-0.39, 0.29) is 16.9 Å². The highest BCUT2D eigenvalue weighted by molar-refractivity contribution is 7.89. The molecule has 1 atom stereocenters. The minimum Gasteiger partial charge on any atom is -0.380 e. The van der Waals surface area contributed by atoms with Crippen molar-refractivity contribution in [3.8, 4) is 0 Å². The van der Waals surface area contributed by atoms with Crippen LogP contribution in [-0.4, -0.2) is 58.0 Å². The number of anilines is 2. The fourth-order valence-electron chi connectivity index (χ4n) is 4.36. The van der Waals surface area contributed by atoms with Crippen LogP contribution in [0.15, 0.2) is 53.4 Å². The largest absolute Gasteiger partial charge is 0.380 e. The molecule has 2 aliphatic rings. The Labute approximate surface area is 190 Å². The third-order valence-electron chi connectivity index (χ3n) is 6.27. The fraction of sp³-hybridized carbons (Fsp3) is 0.458. The van der Waals surface area contributed by atoms with Gasteiger partial charge in [-0.25, -0.2) is 8.42 Å². The number of hydrogen-bond acceptors (Lipinski definition) is 5. The lowest BCUT2D eigenvalue weighted by Gasteiger charge is -2.33. The summed E-state index contributed by atoms with van der Waals surface area (Å²) in [4.78, 5) is 15.2. The summed E-state index contributed by atoms with van der Waals surface area (Å²) in [5.41, 5.74) is 2.23. The molecule has 32 heavy (non-hydrogen) atoms. The Hall–Kier alpha value is -2.42. The molecule has 0 spiro atoms. The molecule has 2 aromatic carbocycles. The highest BCUT2D eigenvalue weighted by Crippen LogP contribution is 2.24. The molecule has 1 N–H and O–H groups in total. The van der Waals surface area contributed by atoms with Crippen molar-refractivity contribution in [3.05, 3.63) is 54.1 Å². The summed E-state index contributed by atoms with van der Waals surface area (Å²) >= 11 is 0. The van der Waals surface area contributed by atoms with Gasteiger partial charge in [0.15, 0.2) is 0 Å². The minimum absolute atomic E-state index is 0.233. The normalized spacial score (nSPS) is 20.2. The molecule has 2 saturated heterocycles. The number of hydrogen-bond donors (Lipinski definition) is 1. The maximum absolute atomic E-state index is 12.8. The van der Waals surface area contributed by atoms with Crippen LogP contribution in [0, 0.1) is 0 Å². The number of ether oxygens (including phenoxy) is 1. The van der Waals surface area contributed by atoms with E-state index in [1.165, 1.54) is 16.4 Å². The van der Waals surface area contributed by atoms with Crippen LogP contribution in [0.2, 0.25) is 0 Å². The maximum atomic E-state index is 12.8. The van der Waals surface area contributed by atoms with Crippen molar-refractivity contribution in [2.75, 3.05) is 43.5 Å². The van der Waals surface area contributed by atoms with E-state index in [4.69, 9.17) is 4.74 Å². The van der Waals surface area contributed by atoms with Crippen LogP contribution in [-0.2, 0) is 14.8 Å². The number of nitrogens with one attached hydrogen (secondary N) is 1. The van der Waals surface area contributed by atoms with Crippen molar-refractivity contribution >= 4 is 27.3 Å². The van der Waals surface area contributed by atoms with E-state index in [0.29, 0.717) is 24.3 Å². The first-order chi connectivity index (χ1) is 15.5. The van der Waals surface area contributed by atoms with Gasteiger partial charge in [-0.1, -0.05) is 6.42 Å². The first kappa shape index (κ1) is 22.8. The second-order valence-electron chi connectivity index (χ2n) is 8.44. The third-order valence-corrected chi connectivity index (χ3v) is 8.18. The van der Waals surface area contributed by atoms with Gasteiger partial charge in [0.05, 0.1) is 11.0 Å². The standard InChI is InChI=1S/C24H31N3O4S/c1-31-22-6-5-15-26(18-22)21-11-9-20(10-12-21)25-24(28)19-7-13-23(14-8-19)32(29,30)27-16-3-2-4-17-27/h7-14,22H,2-6,15-18H2,1H3,(H,25,28). The molecular weight excluding hydrogens is 426 g/mol. The molecule has 2 fully saturated rings. The summed E-state index contributed by atoms with van der Waals surface area (Å²) in [5, 5.41) is 2.89. The van der Waals surface area contributed by atoms with E-state index < -0.39 is 10.0 Å². The molecule has 4 rings (SSSR count). The van der Waals surface area contributed by atoms with Gasteiger partial charge in [0, 0.05) is 50.2 Å². The Bertz CT molecular complexity index is 1020. The highest BCUT2D eigenvalue weighted by Gasteiger charge is 2.26. The summed E-state index contributed by atoms with van der Waals surface area (Å²) in [7, 11) is -1.74. The van der Waals surface area contributed by atoms with Crippen molar-refractivity contribution in [2.45, 2.75) is 43.1 Å². The number of sulfonamides is 1. The van der Waals surface area contributed by atoms with Crippen molar-refractivity contribution in [1.29, 1.82) is 0 Å². The number of carbonyl (C=O) groups excluding carboxylic acids is 1. The molecule has 7 nitrogen and oxygen atoms in total. The summed E-state index contributed by atoms with van der Waals surface area (Å²) in [5.74, 6) is -0.267. The van der Waals surface area contributed by atoms with E-state index in [9.17, 15) is 13.2 Å². The highest BCUT2D eigenvalue weighted by atomic mass is 32.2. The molecule has 0 radical (unpaired) electrons. The number of piperidine rings is 2.